The fourth-order valence-corrected chi connectivity index (χ4v) is 4.01. The molecule has 0 bridgehead atoms. The first-order valence-electron chi connectivity index (χ1n) is 10.1. The van der Waals surface area contributed by atoms with Crippen molar-refractivity contribution in [1.82, 2.24) is 14.7 Å². The molecule has 0 aliphatic heterocycles. The Balaban J connectivity index is 1.28. The summed E-state index contributed by atoms with van der Waals surface area (Å²) in [6.45, 7) is 2.53. The number of aryl methyl sites for hydroxylation is 2. The minimum absolute atomic E-state index is 0.118. The van der Waals surface area contributed by atoms with Crippen molar-refractivity contribution in [2.24, 2.45) is 0 Å². The van der Waals surface area contributed by atoms with E-state index >= 15 is 0 Å². The Kier molecular flexibility index (Phi) is 4.82. The summed E-state index contributed by atoms with van der Waals surface area (Å²) in [6, 6.07) is 15.7. The second-order valence-corrected chi connectivity index (χ2v) is 7.64. The molecule has 0 saturated heterocycles. The third-order valence-corrected chi connectivity index (χ3v) is 5.62. The monoisotopic (exact) mass is 419 g/mol. The molecule has 8 nitrogen and oxygen atoms in total. The SMILES string of the molecule is Cc1oc(-c2ccccc2)nc1COc1ccc2c(c1)CCC2Cn1oc(=O)[nH]c1=O. The summed E-state index contributed by atoms with van der Waals surface area (Å²) >= 11 is 0. The number of H-pyrrole nitrogens is 1. The zero-order valence-electron chi connectivity index (χ0n) is 17.0. The number of nitrogens with zero attached hydrogens (tertiary/aromatic N) is 2. The summed E-state index contributed by atoms with van der Waals surface area (Å²) in [4.78, 5) is 29.6. The van der Waals surface area contributed by atoms with Gasteiger partial charge in [0.15, 0.2) is 0 Å². The Morgan fingerprint density at radius 3 is 2.81 bits per heavy atom. The third-order valence-electron chi connectivity index (χ3n) is 5.62. The number of ether oxygens (including phenoxy) is 1. The molecule has 0 radical (unpaired) electrons. The van der Waals surface area contributed by atoms with E-state index in [1.54, 1.807) is 0 Å². The lowest BCUT2D eigenvalue weighted by Gasteiger charge is -2.11. The van der Waals surface area contributed by atoms with Crippen LogP contribution < -0.4 is 16.2 Å². The van der Waals surface area contributed by atoms with E-state index < -0.39 is 11.4 Å². The Labute approximate surface area is 177 Å². The predicted octanol–water partition coefficient (Wildman–Crippen LogP) is 3.40. The van der Waals surface area contributed by atoms with Crippen LogP contribution in [0.3, 0.4) is 0 Å². The molecule has 2 aromatic heterocycles. The number of aromatic nitrogens is 3. The highest BCUT2D eigenvalue weighted by Gasteiger charge is 2.25. The van der Waals surface area contributed by atoms with Crippen molar-refractivity contribution in [2.45, 2.75) is 38.8 Å². The molecule has 31 heavy (non-hydrogen) atoms. The van der Waals surface area contributed by atoms with Crippen LogP contribution in [-0.2, 0) is 19.6 Å². The molecule has 1 N–H and O–H groups in total. The van der Waals surface area contributed by atoms with Crippen LogP contribution in [0.4, 0.5) is 0 Å². The van der Waals surface area contributed by atoms with Crippen LogP contribution in [0, 0.1) is 6.92 Å². The van der Waals surface area contributed by atoms with Crippen molar-refractivity contribution in [3.63, 3.8) is 0 Å². The molecule has 0 saturated carbocycles. The van der Waals surface area contributed by atoms with Crippen molar-refractivity contribution in [3.05, 3.63) is 92.1 Å². The van der Waals surface area contributed by atoms with Gasteiger partial charge in [-0.15, -0.1) is 0 Å². The van der Waals surface area contributed by atoms with Crippen LogP contribution in [0.15, 0.2) is 67.1 Å². The van der Waals surface area contributed by atoms with Gasteiger partial charge in [0.1, 0.15) is 23.8 Å². The quantitative estimate of drug-likeness (QED) is 0.514. The maximum atomic E-state index is 11.7. The molecule has 158 valence electrons. The van der Waals surface area contributed by atoms with Crippen LogP contribution >= 0.6 is 0 Å². The van der Waals surface area contributed by atoms with Crippen molar-refractivity contribution in [2.75, 3.05) is 0 Å². The number of benzene rings is 2. The van der Waals surface area contributed by atoms with Crippen LogP contribution in [0.5, 0.6) is 5.75 Å². The molecule has 1 atom stereocenters. The predicted molar refractivity (Wildman–Crippen MR) is 112 cm³/mol. The molecule has 1 aliphatic rings. The van der Waals surface area contributed by atoms with Crippen LogP contribution in [0.1, 0.15) is 34.9 Å². The summed E-state index contributed by atoms with van der Waals surface area (Å²) < 4.78 is 17.8. The van der Waals surface area contributed by atoms with Gasteiger partial charge in [0.05, 0.1) is 6.54 Å². The van der Waals surface area contributed by atoms with E-state index in [1.807, 2.05) is 55.5 Å². The van der Waals surface area contributed by atoms with E-state index in [-0.39, 0.29) is 5.92 Å². The molecule has 0 spiro atoms. The Morgan fingerprint density at radius 2 is 2.03 bits per heavy atom. The molecule has 1 aliphatic carbocycles. The van der Waals surface area contributed by atoms with Gasteiger partial charge in [-0.05, 0) is 55.2 Å². The summed E-state index contributed by atoms with van der Waals surface area (Å²) in [5, 5.41) is 0. The second kappa shape index (κ2) is 7.79. The fraction of sp³-hybridized carbons (Fsp3) is 0.261. The number of aromatic amines is 1. The number of rotatable bonds is 6. The van der Waals surface area contributed by atoms with Gasteiger partial charge >= 0.3 is 11.4 Å². The number of hydrogen-bond acceptors (Lipinski definition) is 6. The Hall–Kier alpha value is -3.81. The number of nitrogens with one attached hydrogen (secondary N) is 1. The topological polar surface area (TPSA) is 103 Å². The molecule has 4 aromatic rings. The summed E-state index contributed by atoms with van der Waals surface area (Å²) in [7, 11) is 0. The van der Waals surface area contributed by atoms with Crippen LogP contribution in [0.2, 0.25) is 0 Å². The molecule has 2 heterocycles. The summed E-state index contributed by atoms with van der Waals surface area (Å²) in [5.74, 6) is 1.46. The van der Waals surface area contributed by atoms with Gasteiger partial charge in [-0.1, -0.05) is 24.3 Å². The van der Waals surface area contributed by atoms with E-state index in [4.69, 9.17) is 13.7 Å². The van der Waals surface area contributed by atoms with Crippen molar-refractivity contribution in [3.8, 4) is 17.2 Å². The lowest BCUT2D eigenvalue weighted by Crippen LogP contribution is -2.19. The van der Waals surface area contributed by atoms with E-state index in [9.17, 15) is 9.59 Å². The molecule has 8 heteroatoms. The Morgan fingerprint density at radius 1 is 1.19 bits per heavy atom. The molecule has 1 unspecified atom stereocenters. The first kappa shape index (κ1) is 19.2. The zero-order chi connectivity index (χ0) is 21.4. The molecular weight excluding hydrogens is 398 g/mol. The second-order valence-electron chi connectivity index (χ2n) is 7.64. The fourth-order valence-electron chi connectivity index (χ4n) is 4.01. The summed E-state index contributed by atoms with van der Waals surface area (Å²) in [5.41, 5.74) is 3.50. The molecule has 2 aromatic carbocycles. The van der Waals surface area contributed by atoms with E-state index in [1.165, 1.54) is 5.56 Å². The number of hydrogen-bond donors (Lipinski definition) is 1. The third kappa shape index (κ3) is 3.84. The van der Waals surface area contributed by atoms with Crippen LogP contribution in [0.25, 0.3) is 11.5 Å². The summed E-state index contributed by atoms with van der Waals surface area (Å²) in [6.07, 6.45) is 1.75. The van der Waals surface area contributed by atoms with Gasteiger partial charge in [0.25, 0.3) is 0 Å². The van der Waals surface area contributed by atoms with Crippen molar-refractivity contribution < 1.29 is 13.7 Å². The largest absolute Gasteiger partial charge is 0.487 e. The normalized spacial score (nSPS) is 15.2. The van der Waals surface area contributed by atoms with Gasteiger partial charge in [-0.3, -0.25) is 0 Å². The average molecular weight is 419 g/mol. The molecule has 0 amide bonds. The standard InChI is InChI=1S/C23H21N3O5/c1-14-20(24-21(30-14)15-5-3-2-4-6-15)13-29-18-9-10-19-16(11-18)7-8-17(19)12-26-22(27)25-23(28)31-26/h2-6,9-11,17H,7-8,12-13H2,1H3,(H,25,27,28). The minimum Gasteiger partial charge on any atom is -0.487 e. The van der Waals surface area contributed by atoms with Gasteiger partial charge in [0.2, 0.25) is 5.89 Å². The van der Waals surface area contributed by atoms with E-state index in [0.717, 1.165) is 45.9 Å². The smallest absolute Gasteiger partial charge is 0.440 e. The van der Waals surface area contributed by atoms with Gasteiger partial charge in [0, 0.05) is 11.5 Å². The zero-order valence-corrected chi connectivity index (χ0v) is 17.0. The number of oxazole rings is 1. The highest BCUT2D eigenvalue weighted by molar-refractivity contribution is 5.53. The van der Waals surface area contributed by atoms with Crippen molar-refractivity contribution >= 4 is 0 Å². The molecule has 5 rings (SSSR count). The van der Waals surface area contributed by atoms with E-state index in [2.05, 4.69) is 9.97 Å². The number of fused-ring (bicyclic) bond motifs is 1. The van der Waals surface area contributed by atoms with Gasteiger partial charge in [-0.2, -0.15) is 4.74 Å². The van der Waals surface area contributed by atoms with Crippen LogP contribution in [-0.4, -0.2) is 14.7 Å². The highest BCUT2D eigenvalue weighted by Crippen LogP contribution is 2.36. The lowest BCUT2D eigenvalue weighted by molar-refractivity contribution is 0.228. The minimum atomic E-state index is -0.731. The Bertz CT molecular complexity index is 1330. The molecular formula is C23H21N3O5. The lowest BCUT2D eigenvalue weighted by atomic mass is 10.0. The van der Waals surface area contributed by atoms with Gasteiger partial charge in [-0.25, -0.2) is 19.6 Å². The maximum absolute atomic E-state index is 11.7. The van der Waals surface area contributed by atoms with Crippen molar-refractivity contribution in [1.29, 1.82) is 0 Å². The molecule has 0 fully saturated rings. The van der Waals surface area contributed by atoms with Gasteiger partial charge < -0.3 is 13.7 Å². The highest BCUT2D eigenvalue weighted by atomic mass is 16.5. The average Bonchev–Trinajstić information content (AvgIpc) is 3.44. The first-order chi connectivity index (χ1) is 15.1. The first-order valence-corrected chi connectivity index (χ1v) is 10.1. The van der Waals surface area contributed by atoms with E-state index in [0.29, 0.717) is 19.0 Å². The maximum Gasteiger partial charge on any atom is 0.440 e.